The maximum Gasteiger partial charge on any atom is 0.124 e. The molecule has 1 aromatic rings. The Kier molecular flexibility index (Phi) is 1.89. The van der Waals surface area contributed by atoms with Crippen LogP contribution >= 0.6 is 0 Å². The topological polar surface area (TPSA) is 52.8 Å². The molecule has 0 aliphatic rings. The van der Waals surface area contributed by atoms with Crippen molar-refractivity contribution in [1.29, 1.82) is 0 Å². The van der Waals surface area contributed by atoms with Crippen LogP contribution in [0.2, 0.25) is 0 Å². The first-order valence-corrected chi connectivity index (χ1v) is 2.80. The first-order valence-electron chi connectivity index (χ1n) is 2.80. The van der Waals surface area contributed by atoms with Gasteiger partial charge in [-0.25, -0.2) is 0 Å². The summed E-state index contributed by atoms with van der Waals surface area (Å²) in [5.41, 5.74) is 0.505. The van der Waals surface area contributed by atoms with Crippen molar-refractivity contribution in [2.45, 2.75) is 0 Å². The fourth-order valence-corrected chi connectivity index (χ4v) is 0.659. The van der Waals surface area contributed by atoms with Gasteiger partial charge in [-0.05, 0) is 12.1 Å². The van der Waals surface area contributed by atoms with Gasteiger partial charge in [0, 0.05) is 5.56 Å². The zero-order valence-electron chi connectivity index (χ0n) is 5.23. The van der Waals surface area contributed by atoms with Gasteiger partial charge in [-0.1, -0.05) is 17.3 Å². The monoisotopic (exact) mass is 137 g/mol. The van der Waals surface area contributed by atoms with Crippen LogP contribution in [-0.4, -0.2) is 16.5 Å². The molecule has 0 aromatic heterocycles. The Labute approximate surface area is 58.2 Å². The SMILES string of the molecule is ON=Cc1ccccc1[16OH]. The number of nitrogens with zero attached hydrogens (tertiary/aromatic N) is 1. The molecule has 0 spiro atoms. The number of hydrogen-bond acceptors (Lipinski definition) is 3. The van der Waals surface area contributed by atoms with E-state index in [0.29, 0.717) is 5.56 Å². The molecule has 0 unspecified atom stereocenters. The third kappa shape index (κ3) is 1.25. The average Bonchev–Trinajstić information content (AvgIpc) is 1.94. The molecule has 10 heavy (non-hydrogen) atoms. The third-order valence-corrected chi connectivity index (χ3v) is 1.13. The molecule has 0 aliphatic heterocycles. The number of para-hydroxylation sites is 1. The van der Waals surface area contributed by atoms with Crippen LogP contribution in [0, 0.1) is 0 Å². The predicted octanol–water partition coefficient (Wildman–Crippen LogP) is 1.20. The summed E-state index contributed by atoms with van der Waals surface area (Å²) in [5, 5.41) is 19.9. The van der Waals surface area contributed by atoms with Gasteiger partial charge in [-0.3, -0.25) is 0 Å². The van der Waals surface area contributed by atoms with E-state index in [9.17, 15) is 0 Å². The Bertz CT molecular complexity index is 245. The van der Waals surface area contributed by atoms with E-state index < -0.39 is 0 Å². The smallest absolute Gasteiger partial charge is 0.124 e. The van der Waals surface area contributed by atoms with E-state index in [1.54, 1.807) is 18.2 Å². The van der Waals surface area contributed by atoms with E-state index in [1.807, 2.05) is 0 Å². The highest BCUT2D eigenvalue weighted by atomic mass is 16.4. The van der Waals surface area contributed by atoms with E-state index in [2.05, 4.69) is 5.16 Å². The van der Waals surface area contributed by atoms with Gasteiger partial charge in [0.15, 0.2) is 0 Å². The van der Waals surface area contributed by atoms with Crippen molar-refractivity contribution in [2.24, 2.45) is 5.16 Å². The molecule has 0 aliphatic carbocycles. The summed E-state index contributed by atoms with van der Waals surface area (Å²) < 4.78 is 0. The summed E-state index contributed by atoms with van der Waals surface area (Å²) in [6.07, 6.45) is 1.18. The van der Waals surface area contributed by atoms with Gasteiger partial charge in [0.1, 0.15) is 5.75 Å². The number of oxime groups is 1. The summed E-state index contributed by atoms with van der Waals surface area (Å²) in [4.78, 5) is 0. The molecule has 1 rings (SSSR count). The van der Waals surface area contributed by atoms with Gasteiger partial charge < -0.3 is 10.3 Å². The Morgan fingerprint density at radius 2 is 2.00 bits per heavy atom. The molecule has 0 saturated heterocycles. The Morgan fingerprint density at radius 1 is 1.30 bits per heavy atom. The maximum atomic E-state index is 9.04. The molecule has 3 nitrogen and oxygen atoms in total. The van der Waals surface area contributed by atoms with Crippen molar-refractivity contribution in [1.82, 2.24) is 0 Å². The lowest BCUT2D eigenvalue weighted by Gasteiger charge is -1.93. The van der Waals surface area contributed by atoms with Crippen LogP contribution in [-0.2, 0) is 0 Å². The van der Waals surface area contributed by atoms with Crippen LogP contribution in [0.4, 0.5) is 0 Å². The fourth-order valence-electron chi connectivity index (χ4n) is 0.659. The quantitative estimate of drug-likeness (QED) is 0.347. The number of hydrogen-bond donors (Lipinski definition) is 2. The number of aromatic hydroxyl groups is 1. The summed E-state index contributed by atoms with van der Waals surface area (Å²) >= 11 is 0. The van der Waals surface area contributed by atoms with Crippen molar-refractivity contribution in [3.05, 3.63) is 29.8 Å². The minimum atomic E-state index is 0.111. The van der Waals surface area contributed by atoms with Crippen molar-refractivity contribution < 1.29 is 10.3 Å². The highest BCUT2D eigenvalue weighted by Gasteiger charge is 1.92. The van der Waals surface area contributed by atoms with Gasteiger partial charge >= 0.3 is 0 Å². The Morgan fingerprint density at radius 3 is 2.60 bits per heavy atom. The van der Waals surface area contributed by atoms with Crippen LogP contribution in [0.25, 0.3) is 0 Å². The second kappa shape index (κ2) is 2.87. The fraction of sp³-hybridized carbons (Fsp3) is 0. The summed E-state index contributed by atoms with van der Waals surface area (Å²) in [6, 6.07) is 6.62. The average molecular weight is 137 g/mol. The molecule has 0 fully saturated rings. The molecule has 52 valence electrons. The number of phenolic OH excluding ortho intramolecular Hbond substituents is 1. The first-order chi connectivity index (χ1) is 4.84. The van der Waals surface area contributed by atoms with Gasteiger partial charge in [0.05, 0.1) is 6.21 Å². The van der Waals surface area contributed by atoms with E-state index in [1.165, 1.54) is 12.3 Å². The zero-order valence-corrected chi connectivity index (χ0v) is 5.23. The van der Waals surface area contributed by atoms with Crippen LogP contribution in [0.5, 0.6) is 5.75 Å². The molecule has 0 saturated carbocycles. The lowest BCUT2D eigenvalue weighted by molar-refractivity contribution is 0.321. The normalized spacial score (nSPS) is 10.4. The summed E-state index contributed by atoms with van der Waals surface area (Å²) in [7, 11) is 0. The molecule has 0 radical (unpaired) electrons. The molecule has 0 atom stereocenters. The second-order valence-corrected chi connectivity index (χ2v) is 1.80. The van der Waals surface area contributed by atoms with Crippen molar-refractivity contribution >= 4 is 6.21 Å². The molecule has 0 amide bonds. The number of benzene rings is 1. The predicted molar refractivity (Wildman–Crippen MR) is 37.5 cm³/mol. The van der Waals surface area contributed by atoms with Gasteiger partial charge in [-0.15, -0.1) is 0 Å². The molecule has 1 aromatic carbocycles. The Balaban J connectivity index is 3.03. The van der Waals surface area contributed by atoms with E-state index >= 15 is 0 Å². The number of phenols is 1. The molecule has 0 bridgehead atoms. The van der Waals surface area contributed by atoms with Crippen LogP contribution in [0.15, 0.2) is 29.4 Å². The van der Waals surface area contributed by atoms with Gasteiger partial charge in [0.2, 0.25) is 0 Å². The van der Waals surface area contributed by atoms with Crippen molar-refractivity contribution in [3.63, 3.8) is 0 Å². The number of rotatable bonds is 1. The highest BCUT2D eigenvalue weighted by molar-refractivity contribution is 5.82. The van der Waals surface area contributed by atoms with E-state index in [4.69, 9.17) is 10.3 Å². The van der Waals surface area contributed by atoms with Crippen LogP contribution in [0.3, 0.4) is 0 Å². The largest absolute Gasteiger partial charge is 0.507 e. The van der Waals surface area contributed by atoms with E-state index in [0.717, 1.165) is 0 Å². The highest BCUT2D eigenvalue weighted by Crippen LogP contribution is 2.12. The van der Waals surface area contributed by atoms with Crippen LogP contribution in [0.1, 0.15) is 5.56 Å². The summed E-state index contributed by atoms with van der Waals surface area (Å²) in [6.45, 7) is 0. The van der Waals surface area contributed by atoms with Crippen molar-refractivity contribution in [2.75, 3.05) is 0 Å². The molecule has 0 heterocycles. The maximum absolute atomic E-state index is 9.04. The molecular weight excluding hydrogens is 130 g/mol. The minimum absolute atomic E-state index is 0.111. The second-order valence-electron chi connectivity index (χ2n) is 1.80. The van der Waals surface area contributed by atoms with Gasteiger partial charge in [0.25, 0.3) is 0 Å². The molecular formula is C7H7NO2. The lowest BCUT2D eigenvalue weighted by atomic mass is 10.2. The molecule has 2 N–H and O–H groups in total. The zero-order chi connectivity index (χ0) is 7.40. The van der Waals surface area contributed by atoms with Gasteiger partial charge in [-0.2, -0.15) is 0 Å². The third-order valence-electron chi connectivity index (χ3n) is 1.13. The van der Waals surface area contributed by atoms with Crippen LogP contribution < -0.4 is 0 Å². The standard InChI is InChI=1S/C7H7NO2/c9-7-4-2-1-3-6(7)5-8-10/h1-5,9-10H/i9+0. The lowest BCUT2D eigenvalue weighted by Crippen LogP contribution is -1.79. The molecule has 3 heteroatoms. The summed E-state index contributed by atoms with van der Waals surface area (Å²) in [5.74, 6) is 0.111. The first kappa shape index (κ1) is 6.61. The minimum Gasteiger partial charge on any atom is -0.507 e. The van der Waals surface area contributed by atoms with Crippen molar-refractivity contribution in [3.8, 4) is 5.75 Å². The van der Waals surface area contributed by atoms with E-state index in [-0.39, 0.29) is 5.75 Å². The Hall–Kier alpha value is -1.51.